The van der Waals surface area contributed by atoms with E-state index < -0.39 is 0 Å². The van der Waals surface area contributed by atoms with Crippen LogP contribution in [0.4, 0.5) is 0 Å². The third kappa shape index (κ3) is 2.99. The van der Waals surface area contributed by atoms with Crippen LogP contribution in [0.1, 0.15) is 32.4 Å². The summed E-state index contributed by atoms with van der Waals surface area (Å²) in [5.41, 5.74) is 7.46. The Kier molecular flexibility index (Phi) is 4.28. The second-order valence-corrected chi connectivity index (χ2v) is 6.09. The van der Waals surface area contributed by atoms with E-state index in [9.17, 15) is 0 Å². The highest BCUT2D eigenvalue weighted by atomic mass is 15.3. The first kappa shape index (κ1) is 14.5. The number of rotatable bonds is 4. The fourth-order valence-corrected chi connectivity index (χ4v) is 2.76. The molecule has 108 valence electrons. The predicted molar refractivity (Wildman–Crippen MR) is 78.0 cm³/mol. The first-order chi connectivity index (χ1) is 8.97. The Balaban J connectivity index is 2.14. The summed E-state index contributed by atoms with van der Waals surface area (Å²) < 4.78 is 1.97. The molecule has 1 unspecified atom stereocenters. The molecule has 5 heteroatoms. The molecule has 0 saturated carbocycles. The monoisotopic (exact) mass is 265 g/mol. The number of likely N-dealkylation sites (N-methyl/N-ethyl adjacent to an activating group) is 1. The summed E-state index contributed by atoms with van der Waals surface area (Å²) in [6.45, 7) is 11.4. The van der Waals surface area contributed by atoms with Crippen molar-refractivity contribution in [2.45, 2.75) is 38.9 Å². The van der Waals surface area contributed by atoms with Crippen molar-refractivity contribution >= 4 is 0 Å². The molecule has 5 nitrogen and oxygen atoms in total. The SMILES string of the molecule is CCn1cc(C(CN)N2CCN(C)C(C)(C)C2)cn1. The van der Waals surface area contributed by atoms with Crippen molar-refractivity contribution in [3.8, 4) is 0 Å². The van der Waals surface area contributed by atoms with Crippen molar-refractivity contribution in [1.82, 2.24) is 19.6 Å². The van der Waals surface area contributed by atoms with Gasteiger partial charge in [-0.05, 0) is 27.8 Å². The Hall–Kier alpha value is -0.910. The summed E-state index contributed by atoms with van der Waals surface area (Å²) in [6.07, 6.45) is 4.09. The van der Waals surface area contributed by atoms with Gasteiger partial charge in [-0.15, -0.1) is 0 Å². The van der Waals surface area contributed by atoms with Crippen LogP contribution in [0.2, 0.25) is 0 Å². The van der Waals surface area contributed by atoms with E-state index in [-0.39, 0.29) is 11.6 Å². The maximum Gasteiger partial charge on any atom is 0.0538 e. The number of nitrogens with zero attached hydrogens (tertiary/aromatic N) is 4. The van der Waals surface area contributed by atoms with Gasteiger partial charge in [-0.1, -0.05) is 0 Å². The smallest absolute Gasteiger partial charge is 0.0538 e. The van der Waals surface area contributed by atoms with E-state index >= 15 is 0 Å². The summed E-state index contributed by atoms with van der Waals surface area (Å²) in [5, 5.41) is 4.37. The van der Waals surface area contributed by atoms with E-state index in [2.05, 4.69) is 48.9 Å². The zero-order valence-electron chi connectivity index (χ0n) is 12.6. The highest BCUT2D eigenvalue weighted by molar-refractivity contribution is 5.12. The van der Waals surface area contributed by atoms with Gasteiger partial charge in [0.15, 0.2) is 0 Å². The molecule has 1 fully saturated rings. The lowest BCUT2D eigenvalue weighted by atomic mass is 9.97. The van der Waals surface area contributed by atoms with E-state index in [0.29, 0.717) is 6.54 Å². The fourth-order valence-electron chi connectivity index (χ4n) is 2.76. The van der Waals surface area contributed by atoms with Gasteiger partial charge in [0.1, 0.15) is 0 Å². The van der Waals surface area contributed by atoms with Crippen LogP contribution in [0.15, 0.2) is 12.4 Å². The Morgan fingerprint density at radius 2 is 2.16 bits per heavy atom. The number of hydrogen-bond acceptors (Lipinski definition) is 4. The number of aromatic nitrogens is 2. The van der Waals surface area contributed by atoms with Crippen LogP contribution in [0.3, 0.4) is 0 Å². The zero-order chi connectivity index (χ0) is 14.0. The van der Waals surface area contributed by atoms with E-state index in [0.717, 1.165) is 26.2 Å². The molecular formula is C14H27N5. The van der Waals surface area contributed by atoms with E-state index in [1.807, 2.05) is 10.9 Å². The first-order valence-corrected chi connectivity index (χ1v) is 7.15. The summed E-state index contributed by atoms with van der Waals surface area (Å²) in [5.74, 6) is 0. The molecule has 2 rings (SSSR count). The maximum absolute atomic E-state index is 6.02. The summed E-state index contributed by atoms with van der Waals surface area (Å²) in [6, 6.07) is 0.285. The van der Waals surface area contributed by atoms with Gasteiger partial charge in [0.05, 0.1) is 12.2 Å². The molecule has 0 bridgehead atoms. The van der Waals surface area contributed by atoms with Crippen molar-refractivity contribution in [2.24, 2.45) is 5.73 Å². The molecule has 0 aromatic carbocycles. The van der Waals surface area contributed by atoms with Crippen molar-refractivity contribution in [3.63, 3.8) is 0 Å². The van der Waals surface area contributed by atoms with E-state index in [1.165, 1.54) is 5.56 Å². The zero-order valence-corrected chi connectivity index (χ0v) is 12.6. The number of hydrogen-bond donors (Lipinski definition) is 1. The molecule has 0 amide bonds. The highest BCUT2D eigenvalue weighted by Gasteiger charge is 2.34. The maximum atomic E-state index is 6.02. The number of aryl methyl sites for hydroxylation is 1. The van der Waals surface area contributed by atoms with Crippen LogP contribution in [-0.2, 0) is 6.54 Å². The van der Waals surface area contributed by atoms with Gasteiger partial charge in [-0.2, -0.15) is 5.10 Å². The van der Waals surface area contributed by atoms with E-state index in [1.54, 1.807) is 0 Å². The van der Waals surface area contributed by atoms with Gasteiger partial charge in [0, 0.05) is 50.0 Å². The molecule has 1 aromatic heterocycles. The average Bonchev–Trinajstić information content (AvgIpc) is 2.83. The molecule has 2 heterocycles. The second kappa shape index (κ2) is 5.61. The van der Waals surface area contributed by atoms with Crippen LogP contribution >= 0.6 is 0 Å². The van der Waals surface area contributed by atoms with Crippen molar-refractivity contribution in [1.29, 1.82) is 0 Å². The lowest BCUT2D eigenvalue weighted by Gasteiger charge is -2.47. The second-order valence-electron chi connectivity index (χ2n) is 6.09. The topological polar surface area (TPSA) is 50.3 Å². The molecule has 0 aliphatic carbocycles. The molecule has 1 atom stereocenters. The fraction of sp³-hybridized carbons (Fsp3) is 0.786. The van der Waals surface area contributed by atoms with Crippen molar-refractivity contribution < 1.29 is 0 Å². The molecule has 1 aliphatic rings. The highest BCUT2D eigenvalue weighted by Crippen LogP contribution is 2.26. The number of piperazine rings is 1. The molecule has 1 saturated heterocycles. The minimum Gasteiger partial charge on any atom is -0.329 e. The van der Waals surface area contributed by atoms with Gasteiger partial charge in [-0.25, -0.2) is 0 Å². The summed E-state index contributed by atoms with van der Waals surface area (Å²) >= 11 is 0. The van der Waals surface area contributed by atoms with Crippen LogP contribution in [-0.4, -0.2) is 58.3 Å². The Morgan fingerprint density at radius 1 is 1.42 bits per heavy atom. The third-order valence-corrected chi connectivity index (χ3v) is 4.37. The summed E-state index contributed by atoms with van der Waals surface area (Å²) in [7, 11) is 2.20. The number of nitrogens with two attached hydrogens (primary N) is 1. The largest absolute Gasteiger partial charge is 0.329 e. The minimum atomic E-state index is 0.201. The molecule has 2 N–H and O–H groups in total. The normalized spacial score (nSPS) is 22.6. The van der Waals surface area contributed by atoms with Gasteiger partial charge >= 0.3 is 0 Å². The van der Waals surface area contributed by atoms with Crippen molar-refractivity contribution in [2.75, 3.05) is 33.2 Å². The first-order valence-electron chi connectivity index (χ1n) is 7.15. The van der Waals surface area contributed by atoms with Crippen LogP contribution in [0.25, 0.3) is 0 Å². The van der Waals surface area contributed by atoms with Gasteiger partial charge in [0.25, 0.3) is 0 Å². The predicted octanol–water partition coefficient (Wildman–Crippen LogP) is 0.929. The molecular weight excluding hydrogens is 238 g/mol. The van der Waals surface area contributed by atoms with Crippen molar-refractivity contribution in [3.05, 3.63) is 18.0 Å². The molecule has 1 aliphatic heterocycles. The third-order valence-electron chi connectivity index (χ3n) is 4.37. The van der Waals surface area contributed by atoms with Gasteiger partial charge < -0.3 is 5.73 Å². The average molecular weight is 265 g/mol. The minimum absolute atomic E-state index is 0.201. The lowest BCUT2D eigenvalue weighted by Crippen LogP contribution is -2.58. The van der Waals surface area contributed by atoms with Crippen LogP contribution < -0.4 is 5.73 Å². The Morgan fingerprint density at radius 3 is 2.68 bits per heavy atom. The van der Waals surface area contributed by atoms with Gasteiger partial charge in [-0.3, -0.25) is 14.5 Å². The Bertz CT molecular complexity index is 412. The molecule has 0 radical (unpaired) electrons. The molecule has 19 heavy (non-hydrogen) atoms. The van der Waals surface area contributed by atoms with Crippen LogP contribution in [0.5, 0.6) is 0 Å². The van der Waals surface area contributed by atoms with E-state index in [4.69, 9.17) is 5.73 Å². The quantitative estimate of drug-likeness (QED) is 0.880. The molecule has 0 spiro atoms. The van der Waals surface area contributed by atoms with Crippen LogP contribution in [0, 0.1) is 0 Å². The lowest BCUT2D eigenvalue weighted by molar-refractivity contribution is 0.0180. The Labute approximate surface area is 116 Å². The molecule has 1 aromatic rings. The summed E-state index contributed by atoms with van der Waals surface area (Å²) in [4.78, 5) is 4.92. The standard InChI is InChI=1S/C14H27N5/c1-5-19-10-12(9-16-19)13(8-15)18-7-6-17(4)14(2,3)11-18/h9-10,13H,5-8,11,15H2,1-4H3. The van der Waals surface area contributed by atoms with Gasteiger partial charge in [0.2, 0.25) is 0 Å².